The molecule has 0 radical (unpaired) electrons. The quantitative estimate of drug-likeness (QED) is 0.810. The van der Waals surface area contributed by atoms with Crippen molar-refractivity contribution >= 4 is 5.69 Å². The van der Waals surface area contributed by atoms with Gasteiger partial charge in [0.15, 0.2) is 0 Å². The number of hydrogen-bond donors (Lipinski definition) is 2. The van der Waals surface area contributed by atoms with Gasteiger partial charge in [-0.05, 0) is 37.6 Å². The van der Waals surface area contributed by atoms with Crippen LogP contribution in [0.4, 0.5) is 5.69 Å². The zero-order valence-corrected chi connectivity index (χ0v) is 11.9. The van der Waals surface area contributed by atoms with E-state index in [-0.39, 0.29) is 6.10 Å². The van der Waals surface area contributed by atoms with Gasteiger partial charge in [-0.15, -0.1) is 0 Å². The fourth-order valence-corrected chi connectivity index (χ4v) is 1.79. The Kier molecular flexibility index (Phi) is 5.07. The van der Waals surface area contributed by atoms with Crippen LogP contribution in [0.25, 0.3) is 0 Å². The largest absolute Gasteiger partial charge is 0.491 e. The Morgan fingerprint density at radius 3 is 2.85 bits per heavy atom. The summed E-state index contributed by atoms with van der Waals surface area (Å²) in [4.78, 5) is 0. The third-order valence-electron chi connectivity index (χ3n) is 3.12. The van der Waals surface area contributed by atoms with Crippen molar-refractivity contribution in [1.29, 1.82) is 0 Å². The molecule has 0 fully saturated rings. The molecule has 1 heterocycles. The van der Waals surface area contributed by atoms with E-state index in [2.05, 4.69) is 12.2 Å². The average Bonchev–Trinajstić information content (AvgIpc) is 2.99. The minimum atomic E-state index is -0.663. The highest BCUT2D eigenvalue weighted by Crippen LogP contribution is 2.20. The number of furan rings is 1. The van der Waals surface area contributed by atoms with Gasteiger partial charge in [-0.3, -0.25) is 0 Å². The molecule has 1 aromatic carbocycles. The van der Waals surface area contributed by atoms with E-state index in [0.717, 1.165) is 17.9 Å². The number of benzene rings is 1. The average molecular weight is 275 g/mol. The summed E-state index contributed by atoms with van der Waals surface area (Å²) < 4.78 is 10.9. The predicted molar refractivity (Wildman–Crippen MR) is 79.0 cm³/mol. The van der Waals surface area contributed by atoms with E-state index in [4.69, 9.17) is 9.15 Å². The molecule has 0 aliphatic heterocycles. The van der Waals surface area contributed by atoms with E-state index in [9.17, 15) is 5.11 Å². The number of anilines is 1. The van der Waals surface area contributed by atoms with Gasteiger partial charge < -0.3 is 19.6 Å². The Labute approximate surface area is 119 Å². The highest BCUT2D eigenvalue weighted by molar-refractivity contribution is 5.48. The topological polar surface area (TPSA) is 54.6 Å². The number of aliphatic hydroxyl groups is 1. The summed E-state index contributed by atoms with van der Waals surface area (Å²) in [5.41, 5.74) is 0.913. The lowest BCUT2D eigenvalue weighted by atomic mass is 10.2. The lowest BCUT2D eigenvalue weighted by Crippen LogP contribution is -2.12. The monoisotopic (exact) mass is 275 g/mol. The van der Waals surface area contributed by atoms with Crippen molar-refractivity contribution in [2.24, 2.45) is 0 Å². The maximum Gasteiger partial charge on any atom is 0.134 e. The zero-order valence-electron chi connectivity index (χ0n) is 11.9. The van der Waals surface area contributed by atoms with Gasteiger partial charge in [0.1, 0.15) is 17.6 Å². The molecule has 0 amide bonds. The molecular formula is C16H21NO3. The van der Waals surface area contributed by atoms with Crippen molar-refractivity contribution in [3.8, 4) is 5.75 Å². The van der Waals surface area contributed by atoms with Crippen LogP contribution in [0.3, 0.4) is 0 Å². The van der Waals surface area contributed by atoms with E-state index in [0.29, 0.717) is 12.3 Å². The smallest absolute Gasteiger partial charge is 0.134 e. The molecule has 2 atom stereocenters. The van der Waals surface area contributed by atoms with Crippen molar-refractivity contribution in [3.05, 3.63) is 48.4 Å². The highest BCUT2D eigenvalue weighted by Gasteiger charge is 2.10. The first kappa shape index (κ1) is 14.5. The van der Waals surface area contributed by atoms with Crippen molar-refractivity contribution in [2.45, 2.75) is 32.5 Å². The molecule has 2 aromatic rings. The Balaban J connectivity index is 1.91. The van der Waals surface area contributed by atoms with Gasteiger partial charge >= 0.3 is 0 Å². The van der Waals surface area contributed by atoms with E-state index >= 15 is 0 Å². The van der Waals surface area contributed by atoms with E-state index in [1.807, 2.05) is 31.2 Å². The number of hydrogen-bond acceptors (Lipinski definition) is 4. The number of ether oxygens (including phenoxy) is 1. The zero-order chi connectivity index (χ0) is 14.4. The van der Waals surface area contributed by atoms with Crippen molar-refractivity contribution in [1.82, 2.24) is 0 Å². The molecule has 0 aliphatic rings. The Hall–Kier alpha value is -1.94. The van der Waals surface area contributed by atoms with Gasteiger partial charge in [-0.1, -0.05) is 13.0 Å². The van der Waals surface area contributed by atoms with Crippen LogP contribution in [0.5, 0.6) is 5.75 Å². The molecular weight excluding hydrogens is 254 g/mol. The third kappa shape index (κ3) is 4.03. The van der Waals surface area contributed by atoms with Crippen LogP contribution in [0.1, 0.15) is 32.1 Å². The molecule has 2 unspecified atom stereocenters. The Morgan fingerprint density at radius 2 is 2.15 bits per heavy atom. The van der Waals surface area contributed by atoms with Crippen LogP contribution in [-0.2, 0) is 0 Å². The van der Waals surface area contributed by atoms with Crippen LogP contribution in [0.2, 0.25) is 0 Å². The first-order valence-electron chi connectivity index (χ1n) is 6.91. The first-order chi connectivity index (χ1) is 9.69. The van der Waals surface area contributed by atoms with Crippen molar-refractivity contribution in [3.63, 3.8) is 0 Å². The minimum Gasteiger partial charge on any atom is -0.491 e. The fourth-order valence-electron chi connectivity index (χ4n) is 1.79. The lowest BCUT2D eigenvalue weighted by Gasteiger charge is -2.15. The molecule has 20 heavy (non-hydrogen) atoms. The molecule has 0 saturated carbocycles. The summed E-state index contributed by atoms with van der Waals surface area (Å²) in [5.74, 6) is 1.39. The van der Waals surface area contributed by atoms with Crippen LogP contribution < -0.4 is 10.1 Å². The maximum atomic E-state index is 9.94. The summed E-state index contributed by atoms with van der Waals surface area (Å²) >= 11 is 0. The van der Waals surface area contributed by atoms with Gasteiger partial charge in [0.2, 0.25) is 0 Å². The van der Waals surface area contributed by atoms with Gasteiger partial charge in [0.05, 0.1) is 12.4 Å². The van der Waals surface area contributed by atoms with E-state index in [1.165, 1.54) is 0 Å². The molecule has 0 saturated heterocycles. The second kappa shape index (κ2) is 7.01. The Bertz CT molecular complexity index is 510. The van der Waals surface area contributed by atoms with Crippen molar-refractivity contribution in [2.75, 3.05) is 11.9 Å². The molecule has 0 aliphatic carbocycles. The van der Waals surface area contributed by atoms with Gasteiger partial charge in [-0.2, -0.15) is 0 Å². The van der Waals surface area contributed by atoms with Crippen LogP contribution in [-0.4, -0.2) is 17.8 Å². The first-order valence-corrected chi connectivity index (χ1v) is 6.91. The number of nitrogens with one attached hydrogen (secondary N) is 1. The molecule has 0 spiro atoms. The molecule has 108 valence electrons. The SMILES string of the molecule is CCC(C)Oc1cccc(NCC(O)c2ccco2)c1. The normalized spacial score (nSPS) is 13.8. The van der Waals surface area contributed by atoms with Crippen LogP contribution >= 0.6 is 0 Å². The van der Waals surface area contributed by atoms with Gasteiger partial charge in [0, 0.05) is 18.3 Å². The molecule has 4 nitrogen and oxygen atoms in total. The minimum absolute atomic E-state index is 0.193. The van der Waals surface area contributed by atoms with E-state index < -0.39 is 6.10 Å². The molecule has 4 heteroatoms. The predicted octanol–water partition coefficient (Wildman–Crippen LogP) is 3.60. The number of aliphatic hydroxyl groups excluding tert-OH is 1. The summed E-state index contributed by atoms with van der Waals surface area (Å²) in [7, 11) is 0. The van der Waals surface area contributed by atoms with E-state index in [1.54, 1.807) is 18.4 Å². The van der Waals surface area contributed by atoms with Crippen LogP contribution in [0.15, 0.2) is 47.1 Å². The van der Waals surface area contributed by atoms with Gasteiger partial charge in [0.25, 0.3) is 0 Å². The summed E-state index contributed by atoms with van der Waals surface area (Å²) in [5, 5.41) is 13.1. The Morgan fingerprint density at radius 1 is 1.30 bits per heavy atom. The second-order valence-corrected chi connectivity index (χ2v) is 4.78. The summed E-state index contributed by atoms with van der Waals surface area (Å²) in [6.07, 6.45) is 2.05. The molecule has 2 N–H and O–H groups in total. The summed E-state index contributed by atoms with van der Waals surface area (Å²) in [6, 6.07) is 11.3. The molecule has 0 bridgehead atoms. The lowest BCUT2D eigenvalue weighted by molar-refractivity contribution is 0.162. The number of rotatable bonds is 7. The molecule has 1 aromatic heterocycles. The highest BCUT2D eigenvalue weighted by atomic mass is 16.5. The molecule has 2 rings (SSSR count). The second-order valence-electron chi connectivity index (χ2n) is 4.78. The fraction of sp³-hybridized carbons (Fsp3) is 0.375. The third-order valence-corrected chi connectivity index (χ3v) is 3.12. The standard InChI is InChI=1S/C16H21NO3/c1-3-12(2)20-14-7-4-6-13(10-14)17-11-15(18)16-8-5-9-19-16/h4-10,12,15,17-18H,3,11H2,1-2H3. The summed E-state index contributed by atoms with van der Waals surface area (Å²) in [6.45, 7) is 4.52. The maximum absolute atomic E-state index is 9.94. The van der Waals surface area contributed by atoms with Crippen LogP contribution in [0, 0.1) is 0 Å². The van der Waals surface area contributed by atoms with Crippen molar-refractivity contribution < 1.29 is 14.3 Å². The van der Waals surface area contributed by atoms with Gasteiger partial charge in [-0.25, -0.2) is 0 Å².